The molecule has 0 rings (SSSR count). The zero-order chi connectivity index (χ0) is 11.7. The Kier molecular flexibility index (Phi) is 8.02. The Balaban J connectivity index is 4.16. The topological polar surface area (TPSA) is 40.5 Å². The number of likely N-dealkylation sites (N-methyl/N-ethyl adjacent to an activating group) is 1. The van der Waals surface area contributed by atoms with E-state index >= 15 is 0 Å². The van der Waals surface area contributed by atoms with Crippen molar-refractivity contribution >= 4 is 0 Å². The Morgan fingerprint density at radius 2 is 1.67 bits per heavy atom. The molecule has 0 fully saturated rings. The second kappa shape index (κ2) is 8.08. The van der Waals surface area contributed by atoms with Gasteiger partial charge in [0.1, 0.15) is 12.6 Å². The summed E-state index contributed by atoms with van der Waals surface area (Å²) in [7, 11) is 0. The van der Waals surface area contributed by atoms with Gasteiger partial charge in [-0.25, -0.2) is 0 Å². The number of hydrogen-bond acceptors (Lipinski definition) is 2. The van der Waals surface area contributed by atoms with Crippen molar-refractivity contribution in [2.45, 2.75) is 46.1 Å². The van der Waals surface area contributed by atoms with Gasteiger partial charge in [0.05, 0.1) is 26.2 Å². The summed E-state index contributed by atoms with van der Waals surface area (Å²) in [5.41, 5.74) is 0. The van der Waals surface area contributed by atoms with E-state index in [1.165, 1.54) is 19.3 Å². The highest BCUT2D eigenvalue weighted by molar-refractivity contribution is 4.53. The van der Waals surface area contributed by atoms with Crippen molar-refractivity contribution in [3.05, 3.63) is 0 Å². The summed E-state index contributed by atoms with van der Waals surface area (Å²) in [6.45, 7) is 10.3. The summed E-state index contributed by atoms with van der Waals surface area (Å²) in [6, 6.07) is 0. The predicted octanol–water partition coefficient (Wildman–Crippen LogP) is 1.39. The van der Waals surface area contributed by atoms with Crippen LogP contribution in [0.2, 0.25) is 0 Å². The van der Waals surface area contributed by atoms with E-state index in [9.17, 15) is 5.11 Å². The minimum absolute atomic E-state index is 0.117. The summed E-state index contributed by atoms with van der Waals surface area (Å²) in [5.74, 6) is 0. The number of aliphatic hydroxyl groups is 2. The van der Waals surface area contributed by atoms with Crippen LogP contribution in [0.3, 0.4) is 0 Å². The summed E-state index contributed by atoms with van der Waals surface area (Å²) >= 11 is 0. The van der Waals surface area contributed by atoms with Crippen LogP contribution in [0.15, 0.2) is 0 Å². The van der Waals surface area contributed by atoms with Crippen molar-refractivity contribution in [2.75, 3.05) is 32.8 Å². The molecule has 0 saturated heterocycles. The first-order valence-corrected chi connectivity index (χ1v) is 6.28. The molecule has 0 aliphatic carbocycles. The van der Waals surface area contributed by atoms with Gasteiger partial charge in [-0.2, -0.15) is 0 Å². The molecule has 1 atom stereocenters. The molecule has 0 amide bonds. The van der Waals surface area contributed by atoms with Crippen molar-refractivity contribution in [1.82, 2.24) is 0 Å². The van der Waals surface area contributed by atoms with E-state index in [-0.39, 0.29) is 6.61 Å². The van der Waals surface area contributed by atoms with Crippen LogP contribution in [-0.2, 0) is 0 Å². The van der Waals surface area contributed by atoms with Crippen LogP contribution in [0, 0.1) is 0 Å². The second-order valence-electron chi connectivity index (χ2n) is 4.42. The van der Waals surface area contributed by atoms with Crippen molar-refractivity contribution in [2.24, 2.45) is 0 Å². The van der Waals surface area contributed by atoms with Crippen LogP contribution in [0.25, 0.3) is 0 Å². The molecule has 0 saturated carbocycles. The highest BCUT2D eigenvalue weighted by atomic mass is 16.3. The molecule has 15 heavy (non-hydrogen) atoms. The first kappa shape index (κ1) is 14.9. The molecular weight excluding hydrogens is 190 g/mol. The average molecular weight is 218 g/mol. The summed E-state index contributed by atoms with van der Waals surface area (Å²) in [4.78, 5) is 0. The van der Waals surface area contributed by atoms with Crippen molar-refractivity contribution in [3.63, 3.8) is 0 Å². The average Bonchev–Trinajstić information content (AvgIpc) is 2.27. The molecule has 0 aromatic carbocycles. The standard InChI is InChI=1S/C12H28NO2/c1-4-7-8-9-13(5-2,6-3)10-12(15)11-14/h12,14-15H,4-11H2,1-3H3/q+1. The number of quaternary nitrogens is 1. The number of aliphatic hydroxyl groups excluding tert-OH is 2. The quantitative estimate of drug-likeness (QED) is 0.453. The van der Waals surface area contributed by atoms with E-state index < -0.39 is 6.10 Å². The van der Waals surface area contributed by atoms with Crippen molar-refractivity contribution in [1.29, 1.82) is 0 Å². The van der Waals surface area contributed by atoms with Gasteiger partial charge in [0.25, 0.3) is 0 Å². The Labute approximate surface area is 94.3 Å². The van der Waals surface area contributed by atoms with E-state index in [1.807, 2.05) is 0 Å². The van der Waals surface area contributed by atoms with Crippen LogP contribution >= 0.6 is 0 Å². The largest absolute Gasteiger partial charge is 0.393 e. The molecule has 0 heterocycles. The maximum absolute atomic E-state index is 9.55. The first-order valence-electron chi connectivity index (χ1n) is 6.28. The lowest BCUT2D eigenvalue weighted by Crippen LogP contribution is -2.53. The number of rotatable bonds is 9. The van der Waals surface area contributed by atoms with Gasteiger partial charge in [0, 0.05) is 0 Å². The summed E-state index contributed by atoms with van der Waals surface area (Å²) < 4.78 is 0.932. The molecule has 3 heteroatoms. The van der Waals surface area contributed by atoms with E-state index in [0.717, 1.165) is 24.1 Å². The summed E-state index contributed by atoms with van der Waals surface area (Å²) in [5, 5.41) is 18.4. The molecule has 0 aromatic rings. The Morgan fingerprint density at radius 3 is 2.07 bits per heavy atom. The molecular formula is C12H28NO2+. The third-order valence-electron chi connectivity index (χ3n) is 3.39. The van der Waals surface area contributed by atoms with Crippen molar-refractivity contribution in [3.8, 4) is 0 Å². The molecule has 3 nitrogen and oxygen atoms in total. The molecule has 0 bridgehead atoms. The van der Waals surface area contributed by atoms with Crippen LogP contribution in [0.4, 0.5) is 0 Å². The van der Waals surface area contributed by atoms with Crippen LogP contribution < -0.4 is 0 Å². The molecule has 2 N–H and O–H groups in total. The van der Waals surface area contributed by atoms with Gasteiger partial charge in [0.15, 0.2) is 0 Å². The number of hydrogen-bond donors (Lipinski definition) is 2. The highest BCUT2D eigenvalue weighted by Gasteiger charge is 2.25. The number of nitrogens with zero attached hydrogens (tertiary/aromatic N) is 1. The Morgan fingerprint density at radius 1 is 1.07 bits per heavy atom. The molecule has 1 unspecified atom stereocenters. The molecule has 0 aromatic heterocycles. The molecule has 92 valence electrons. The Bertz CT molecular complexity index is 147. The van der Waals surface area contributed by atoms with Gasteiger partial charge in [-0.05, 0) is 26.7 Å². The van der Waals surface area contributed by atoms with Crippen molar-refractivity contribution < 1.29 is 14.7 Å². The minimum atomic E-state index is -0.563. The zero-order valence-corrected chi connectivity index (χ0v) is 10.6. The van der Waals surface area contributed by atoms with Gasteiger partial charge in [0.2, 0.25) is 0 Å². The van der Waals surface area contributed by atoms with Gasteiger partial charge < -0.3 is 14.7 Å². The fourth-order valence-corrected chi connectivity index (χ4v) is 2.09. The van der Waals surface area contributed by atoms with Crippen LogP contribution in [-0.4, -0.2) is 53.6 Å². The van der Waals surface area contributed by atoms with Gasteiger partial charge in [-0.15, -0.1) is 0 Å². The molecule has 0 spiro atoms. The predicted molar refractivity (Wildman–Crippen MR) is 63.7 cm³/mol. The molecule has 0 radical (unpaired) electrons. The number of unbranched alkanes of at least 4 members (excludes halogenated alkanes) is 2. The van der Waals surface area contributed by atoms with E-state index in [4.69, 9.17) is 5.11 Å². The second-order valence-corrected chi connectivity index (χ2v) is 4.42. The van der Waals surface area contributed by atoms with Gasteiger partial charge in [-0.1, -0.05) is 13.3 Å². The molecule has 0 aliphatic rings. The Hall–Kier alpha value is -0.120. The van der Waals surface area contributed by atoms with Crippen LogP contribution in [0.1, 0.15) is 40.0 Å². The lowest BCUT2D eigenvalue weighted by atomic mass is 10.2. The minimum Gasteiger partial charge on any atom is -0.393 e. The lowest BCUT2D eigenvalue weighted by Gasteiger charge is -2.38. The lowest BCUT2D eigenvalue weighted by molar-refractivity contribution is -0.928. The van der Waals surface area contributed by atoms with Gasteiger partial charge >= 0.3 is 0 Å². The third-order valence-corrected chi connectivity index (χ3v) is 3.39. The van der Waals surface area contributed by atoms with Gasteiger partial charge in [-0.3, -0.25) is 0 Å². The maximum atomic E-state index is 9.55. The fraction of sp³-hybridized carbons (Fsp3) is 1.00. The third kappa shape index (κ3) is 5.50. The fourth-order valence-electron chi connectivity index (χ4n) is 2.09. The van der Waals surface area contributed by atoms with E-state index in [2.05, 4.69) is 20.8 Å². The van der Waals surface area contributed by atoms with E-state index in [1.54, 1.807) is 0 Å². The van der Waals surface area contributed by atoms with Crippen LogP contribution in [0.5, 0.6) is 0 Å². The monoisotopic (exact) mass is 218 g/mol. The highest BCUT2D eigenvalue weighted by Crippen LogP contribution is 2.11. The normalized spacial score (nSPS) is 14.2. The zero-order valence-electron chi connectivity index (χ0n) is 10.6. The summed E-state index contributed by atoms with van der Waals surface area (Å²) in [6.07, 6.45) is 3.15. The van der Waals surface area contributed by atoms with E-state index in [0.29, 0.717) is 6.54 Å². The molecule has 0 aliphatic heterocycles. The maximum Gasteiger partial charge on any atom is 0.126 e. The SMILES string of the molecule is CCCCC[N+](CC)(CC)CC(O)CO. The first-order chi connectivity index (χ1) is 7.14. The smallest absolute Gasteiger partial charge is 0.126 e.